The van der Waals surface area contributed by atoms with Crippen molar-refractivity contribution in [3.8, 4) is 0 Å². The van der Waals surface area contributed by atoms with Gasteiger partial charge in [-0.15, -0.1) is 0 Å². The maximum absolute atomic E-state index is 13.9. The van der Waals surface area contributed by atoms with E-state index in [0.29, 0.717) is 0 Å². The van der Waals surface area contributed by atoms with Gasteiger partial charge in [-0.05, 0) is 75.2 Å². The number of nitrogen functional groups attached to an aromatic ring is 1. The third kappa shape index (κ3) is 4.11. The lowest BCUT2D eigenvalue weighted by molar-refractivity contribution is 0.131. The molecule has 1 aromatic carbocycles. The fourth-order valence-corrected chi connectivity index (χ4v) is 4.18. The number of hydrogen-bond donors (Lipinski definition) is 2. The molecule has 1 aromatic rings. The highest BCUT2D eigenvalue weighted by molar-refractivity contribution is 5.95. The molecular formula is C19H28FN3. The summed E-state index contributed by atoms with van der Waals surface area (Å²) in [7, 11) is 0. The van der Waals surface area contributed by atoms with E-state index >= 15 is 0 Å². The molecule has 0 aromatic heterocycles. The van der Waals surface area contributed by atoms with Crippen LogP contribution in [0.4, 0.5) is 4.39 Å². The van der Waals surface area contributed by atoms with Gasteiger partial charge in [0.1, 0.15) is 11.7 Å². The molecule has 4 heteroatoms. The molecule has 1 heterocycles. The Bertz CT molecular complexity index is 544. The Labute approximate surface area is 138 Å². The lowest BCUT2D eigenvalue weighted by atomic mass is 9.89. The van der Waals surface area contributed by atoms with E-state index in [2.05, 4.69) is 4.90 Å². The molecule has 2 aliphatic rings. The minimum Gasteiger partial charge on any atom is -0.384 e. The zero-order chi connectivity index (χ0) is 16.2. The molecule has 3 nitrogen and oxygen atoms in total. The summed E-state index contributed by atoms with van der Waals surface area (Å²) < 4.78 is 13.9. The zero-order valence-electron chi connectivity index (χ0n) is 13.9. The van der Waals surface area contributed by atoms with Gasteiger partial charge in [-0.2, -0.15) is 0 Å². The Hall–Kier alpha value is -1.42. The van der Waals surface area contributed by atoms with E-state index in [4.69, 9.17) is 11.1 Å². The standard InChI is InChI=1S/C19H28FN3/c20-18-13-15(7-8-17(18)19(21)22)6-5-14-9-11-23(12-10-14)16-3-1-2-4-16/h7-8,13-14,16H,1-6,9-12H2,(H3,21,22). The Morgan fingerprint density at radius 2 is 1.87 bits per heavy atom. The topological polar surface area (TPSA) is 53.1 Å². The van der Waals surface area contributed by atoms with Crippen molar-refractivity contribution in [3.63, 3.8) is 0 Å². The van der Waals surface area contributed by atoms with E-state index in [-0.39, 0.29) is 17.2 Å². The molecular weight excluding hydrogens is 289 g/mol. The number of hydrogen-bond acceptors (Lipinski definition) is 2. The Balaban J connectivity index is 1.46. The second-order valence-corrected chi connectivity index (χ2v) is 7.18. The van der Waals surface area contributed by atoms with Crippen molar-refractivity contribution in [3.05, 3.63) is 35.1 Å². The van der Waals surface area contributed by atoms with Crippen LogP contribution >= 0.6 is 0 Å². The third-order valence-electron chi connectivity index (χ3n) is 5.66. The first-order chi connectivity index (χ1) is 11.1. The lowest BCUT2D eigenvalue weighted by Gasteiger charge is -2.36. The normalized spacial score (nSPS) is 20.9. The summed E-state index contributed by atoms with van der Waals surface area (Å²) in [5.74, 6) is 0.197. The number of nitrogens with zero attached hydrogens (tertiary/aromatic N) is 1. The first-order valence-electron chi connectivity index (χ1n) is 9.00. The predicted molar refractivity (Wildman–Crippen MR) is 92.3 cm³/mol. The molecule has 3 rings (SSSR count). The summed E-state index contributed by atoms with van der Waals surface area (Å²) in [5, 5.41) is 7.33. The first-order valence-corrected chi connectivity index (χ1v) is 9.00. The van der Waals surface area contributed by atoms with E-state index in [1.54, 1.807) is 12.1 Å². The minimum absolute atomic E-state index is 0.201. The number of piperidine rings is 1. The van der Waals surface area contributed by atoms with Crippen LogP contribution in [0.5, 0.6) is 0 Å². The smallest absolute Gasteiger partial charge is 0.134 e. The van der Waals surface area contributed by atoms with Crippen LogP contribution in [-0.2, 0) is 6.42 Å². The van der Waals surface area contributed by atoms with Crippen molar-refractivity contribution in [1.82, 2.24) is 4.90 Å². The summed E-state index contributed by atoms with van der Waals surface area (Å²) in [4.78, 5) is 2.70. The number of aryl methyl sites for hydroxylation is 1. The largest absolute Gasteiger partial charge is 0.384 e. The second-order valence-electron chi connectivity index (χ2n) is 7.18. The van der Waals surface area contributed by atoms with Crippen LogP contribution in [0.25, 0.3) is 0 Å². The molecule has 0 unspecified atom stereocenters. The van der Waals surface area contributed by atoms with Gasteiger partial charge in [0, 0.05) is 6.04 Å². The molecule has 1 aliphatic heterocycles. The average molecular weight is 317 g/mol. The van der Waals surface area contributed by atoms with Gasteiger partial charge < -0.3 is 10.6 Å². The van der Waals surface area contributed by atoms with Gasteiger partial charge in [-0.3, -0.25) is 5.41 Å². The molecule has 2 fully saturated rings. The molecule has 126 valence electrons. The van der Waals surface area contributed by atoms with Gasteiger partial charge >= 0.3 is 0 Å². The molecule has 23 heavy (non-hydrogen) atoms. The van der Waals surface area contributed by atoms with Crippen LogP contribution in [0, 0.1) is 17.1 Å². The number of nitrogens with one attached hydrogen (secondary N) is 1. The van der Waals surface area contributed by atoms with Crippen molar-refractivity contribution >= 4 is 5.84 Å². The molecule has 3 N–H and O–H groups in total. The van der Waals surface area contributed by atoms with E-state index in [1.165, 1.54) is 51.6 Å². The van der Waals surface area contributed by atoms with Gasteiger partial charge in [0.15, 0.2) is 0 Å². The van der Waals surface area contributed by atoms with E-state index in [1.807, 2.05) is 6.07 Å². The highest BCUT2D eigenvalue weighted by Gasteiger charge is 2.26. The molecule has 0 amide bonds. The highest BCUT2D eigenvalue weighted by atomic mass is 19.1. The number of rotatable bonds is 5. The van der Waals surface area contributed by atoms with Crippen LogP contribution in [-0.4, -0.2) is 29.9 Å². The van der Waals surface area contributed by atoms with E-state index in [0.717, 1.165) is 30.4 Å². The maximum atomic E-state index is 13.9. The summed E-state index contributed by atoms with van der Waals surface area (Å²) in [6.07, 6.45) is 10.2. The Kier molecular flexibility index (Phi) is 5.31. The highest BCUT2D eigenvalue weighted by Crippen LogP contribution is 2.29. The number of amidine groups is 1. The maximum Gasteiger partial charge on any atom is 0.134 e. The van der Waals surface area contributed by atoms with Gasteiger partial charge in [-0.1, -0.05) is 18.9 Å². The van der Waals surface area contributed by atoms with E-state index in [9.17, 15) is 4.39 Å². The number of benzene rings is 1. The van der Waals surface area contributed by atoms with E-state index < -0.39 is 0 Å². The first kappa shape index (κ1) is 16.4. The molecule has 1 saturated heterocycles. The molecule has 0 spiro atoms. The van der Waals surface area contributed by atoms with Crippen molar-refractivity contribution < 1.29 is 4.39 Å². The van der Waals surface area contributed by atoms with Crippen LogP contribution in [0.1, 0.15) is 56.1 Å². The number of likely N-dealkylation sites (tertiary alicyclic amines) is 1. The molecule has 0 bridgehead atoms. The molecule has 0 atom stereocenters. The zero-order valence-corrected chi connectivity index (χ0v) is 13.9. The second kappa shape index (κ2) is 7.43. The molecule has 1 saturated carbocycles. The van der Waals surface area contributed by atoms with Crippen molar-refractivity contribution in [2.45, 2.75) is 57.4 Å². The summed E-state index contributed by atoms with van der Waals surface area (Å²) in [5.41, 5.74) is 6.59. The molecule has 0 radical (unpaired) electrons. The fraction of sp³-hybridized carbons (Fsp3) is 0.632. The summed E-state index contributed by atoms with van der Waals surface area (Å²) in [6, 6.07) is 5.94. The van der Waals surface area contributed by atoms with Gasteiger partial charge in [-0.25, -0.2) is 4.39 Å². The Morgan fingerprint density at radius 1 is 1.17 bits per heavy atom. The van der Waals surface area contributed by atoms with Gasteiger partial charge in [0.25, 0.3) is 0 Å². The SMILES string of the molecule is N=C(N)c1ccc(CCC2CCN(C3CCCC3)CC2)cc1F. The average Bonchev–Trinajstić information content (AvgIpc) is 3.07. The fourth-order valence-electron chi connectivity index (χ4n) is 4.18. The molecule has 1 aliphatic carbocycles. The van der Waals surface area contributed by atoms with Crippen molar-refractivity contribution in [2.24, 2.45) is 11.7 Å². The summed E-state index contributed by atoms with van der Waals surface area (Å²) in [6.45, 7) is 2.49. The summed E-state index contributed by atoms with van der Waals surface area (Å²) >= 11 is 0. The predicted octanol–water partition coefficient (Wildman–Crippen LogP) is 3.70. The quantitative estimate of drug-likeness (QED) is 0.643. The van der Waals surface area contributed by atoms with Crippen LogP contribution in [0.2, 0.25) is 0 Å². The monoisotopic (exact) mass is 317 g/mol. The van der Waals surface area contributed by atoms with Crippen molar-refractivity contribution in [1.29, 1.82) is 5.41 Å². The third-order valence-corrected chi connectivity index (χ3v) is 5.66. The minimum atomic E-state index is -0.369. The van der Waals surface area contributed by atoms with Gasteiger partial charge in [0.2, 0.25) is 0 Å². The van der Waals surface area contributed by atoms with Crippen LogP contribution in [0.3, 0.4) is 0 Å². The van der Waals surface area contributed by atoms with Gasteiger partial charge in [0.05, 0.1) is 5.56 Å². The lowest BCUT2D eigenvalue weighted by Crippen LogP contribution is -2.40. The van der Waals surface area contributed by atoms with Crippen LogP contribution in [0.15, 0.2) is 18.2 Å². The van der Waals surface area contributed by atoms with Crippen molar-refractivity contribution in [2.75, 3.05) is 13.1 Å². The Morgan fingerprint density at radius 3 is 2.48 bits per heavy atom. The number of halogens is 1. The number of nitrogens with two attached hydrogens (primary N) is 1. The van der Waals surface area contributed by atoms with Crippen LogP contribution < -0.4 is 5.73 Å².